The van der Waals surface area contributed by atoms with Crippen LogP contribution in [0.5, 0.6) is 5.75 Å². The van der Waals surface area contributed by atoms with E-state index in [0.29, 0.717) is 26.2 Å². The Hall–Kier alpha value is -2.08. The predicted molar refractivity (Wildman–Crippen MR) is 89.1 cm³/mol. The number of carbonyl (C=O) groups is 2. The molecular weight excluding hydrogens is 308 g/mol. The van der Waals surface area contributed by atoms with Crippen LogP contribution in [0.2, 0.25) is 0 Å². The summed E-state index contributed by atoms with van der Waals surface area (Å²) < 4.78 is 10.2. The molecule has 6 heteroatoms. The van der Waals surface area contributed by atoms with Gasteiger partial charge in [-0.05, 0) is 36.1 Å². The van der Waals surface area contributed by atoms with E-state index in [2.05, 4.69) is 6.07 Å². The molecule has 0 bridgehead atoms. The summed E-state index contributed by atoms with van der Waals surface area (Å²) >= 11 is 0. The lowest BCUT2D eigenvalue weighted by Gasteiger charge is -2.36. The number of hydrogen-bond acceptors (Lipinski definition) is 4. The maximum atomic E-state index is 12.9. The Morgan fingerprint density at radius 2 is 1.83 bits per heavy atom. The Bertz CT molecular complexity index is 623. The summed E-state index contributed by atoms with van der Waals surface area (Å²) in [7, 11) is 3.16. The van der Waals surface area contributed by atoms with E-state index in [1.807, 2.05) is 17.0 Å². The van der Waals surface area contributed by atoms with Gasteiger partial charge in [-0.3, -0.25) is 9.59 Å². The molecule has 0 N–H and O–H groups in total. The van der Waals surface area contributed by atoms with E-state index in [1.165, 1.54) is 12.7 Å². The van der Waals surface area contributed by atoms with Crippen LogP contribution < -0.4 is 4.74 Å². The average Bonchev–Trinajstić information content (AvgIpc) is 3.04. The van der Waals surface area contributed by atoms with Crippen LogP contribution in [0, 0.1) is 0 Å². The van der Waals surface area contributed by atoms with Gasteiger partial charge in [0.2, 0.25) is 11.8 Å². The Kier molecular flexibility index (Phi) is 5.04. The molecular formula is C18H24N2O4. The molecule has 2 amide bonds. The molecule has 1 aliphatic carbocycles. The highest BCUT2D eigenvalue weighted by Gasteiger charge is 2.34. The number of benzene rings is 1. The van der Waals surface area contributed by atoms with Gasteiger partial charge in [-0.1, -0.05) is 6.07 Å². The maximum Gasteiger partial charge on any atom is 0.248 e. The zero-order chi connectivity index (χ0) is 17.1. The molecule has 1 aromatic rings. The largest absolute Gasteiger partial charge is 0.497 e. The lowest BCUT2D eigenvalue weighted by molar-refractivity contribution is -0.142. The van der Waals surface area contributed by atoms with Crippen LogP contribution in [0.4, 0.5) is 0 Å². The number of ether oxygens (including phenoxy) is 2. The van der Waals surface area contributed by atoms with Gasteiger partial charge < -0.3 is 19.3 Å². The second kappa shape index (κ2) is 7.21. The van der Waals surface area contributed by atoms with E-state index in [-0.39, 0.29) is 24.3 Å². The van der Waals surface area contributed by atoms with Crippen LogP contribution in [0.15, 0.2) is 18.2 Å². The highest BCUT2D eigenvalue weighted by Crippen LogP contribution is 2.36. The minimum atomic E-state index is -0.0867. The summed E-state index contributed by atoms with van der Waals surface area (Å²) in [5.74, 6) is 0.862. The average molecular weight is 332 g/mol. The van der Waals surface area contributed by atoms with Gasteiger partial charge in [-0.2, -0.15) is 0 Å². The number of carbonyl (C=O) groups excluding carboxylic acids is 2. The monoisotopic (exact) mass is 332 g/mol. The third kappa shape index (κ3) is 3.24. The molecule has 1 aliphatic heterocycles. The van der Waals surface area contributed by atoms with Crippen LogP contribution in [0.1, 0.15) is 23.5 Å². The highest BCUT2D eigenvalue weighted by molar-refractivity contribution is 5.85. The fourth-order valence-electron chi connectivity index (χ4n) is 3.58. The third-order valence-corrected chi connectivity index (χ3v) is 4.94. The van der Waals surface area contributed by atoms with Crippen LogP contribution >= 0.6 is 0 Å². The number of methoxy groups -OCH3 is 2. The van der Waals surface area contributed by atoms with Crippen molar-refractivity contribution >= 4 is 11.8 Å². The van der Waals surface area contributed by atoms with Gasteiger partial charge in [0.05, 0.1) is 13.0 Å². The first-order valence-corrected chi connectivity index (χ1v) is 8.36. The maximum absolute atomic E-state index is 12.9. The summed E-state index contributed by atoms with van der Waals surface area (Å²) in [6, 6.07) is 6.00. The second-order valence-electron chi connectivity index (χ2n) is 6.30. The molecule has 0 aromatic heterocycles. The van der Waals surface area contributed by atoms with E-state index in [4.69, 9.17) is 9.47 Å². The second-order valence-corrected chi connectivity index (χ2v) is 6.30. The van der Waals surface area contributed by atoms with Gasteiger partial charge in [-0.25, -0.2) is 0 Å². The standard InChI is InChI=1S/C18H24N2O4/c1-23-12-17(21)19-7-9-20(10-8-19)18(22)15-6-4-13-3-5-14(24-2)11-16(13)15/h3,5,11,15H,4,6-10,12H2,1-2H3. The van der Waals surface area contributed by atoms with Gasteiger partial charge in [0, 0.05) is 33.3 Å². The normalized spacial score (nSPS) is 20.0. The van der Waals surface area contributed by atoms with Crippen molar-refractivity contribution in [2.24, 2.45) is 0 Å². The number of aryl methyl sites for hydroxylation is 1. The first-order chi connectivity index (χ1) is 11.6. The molecule has 1 aromatic carbocycles. The van der Waals surface area contributed by atoms with Gasteiger partial charge in [0.25, 0.3) is 0 Å². The Morgan fingerprint density at radius 1 is 1.12 bits per heavy atom. The lowest BCUT2D eigenvalue weighted by atomic mass is 9.99. The molecule has 0 spiro atoms. The van der Waals surface area contributed by atoms with E-state index in [0.717, 1.165) is 24.2 Å². The Labute approximate surface area is 142 Å². The number of piperazine rings is 1. The quantitative estimate of drug-likeness (QED) is 0.827. The molecule has 6 nitrogen and oxygen atoms in total. The number of hydrogen-bond donors (Lipinski definition) is 0. The number of rotatable bonds is 4. The molecule has 24 heavy (non-hydrogen) atoms. The lowest BCUT2D eigenvalue weighted by Crippen LogP contribution is -2.52. The smallest absolute Gasteiger partial charge is 0.248 e. The molecule has 3 rings (SSSR count). The van der Waals surface area contributed by atoms with Crippen molar-refractivity contribution in [3.05, 3.63) is 29.3 Å². The minimum absolute atomic E-state index is 0.0134. The predicted octanol–water partition coefficient (Wildman–Crippen LogP) is 1.04. The van der Waals surface area contributed by atoms with Crippen molar-refractivity contribution in [2.75, 3.05) is 47.0 Å². The molecule has 0 saturated carbocycles. The number of amides is 2. The van der Waals surface area contributed by atoms with Crippen molar-refractivity contribution in [1.29, 1.82) is 0 Å². The van der Waals surface area contributed by atoms with E-state index in [9.17, 15) is 9.59 Å². The molecule has 0 radical (unpaired) electrons. The van der Waals surface area contributed by atoms with E-state index < -0.39 is 0 Å². The molecule has 1 atom stereocenters. The van der Waals surface area contributed by atoms with Crippen LogP contribution in [-0.4, -0.2) is 68.6 Å². The summed E-state index contributed by atoms with van der Waals surface area (Å²) in [4.78, 5) is 28.4. The van der Waals surface area contributed by atoms with Gasteiger partial charge in [-0.15, -0.1) is 0 Å². The van der Waals surface area contributed by atoms with E-state index in [1.54, 1.807) is 12.0 Å². The van der Waals surface area contributed by atoms with Crippen molar-refractivity contribution in [1.82, 2.24) is 9.80 Å². The fraction of sp³-hybridized carbons (Fsp3) is 0.556. The first-order valence-electron chi connectivity index (χ1n) is 8.36. The summed E-state index contributed by atoms with van der Waals surface area (Å²) in [6.45, 7) is 2.43. The van der Waals surface area contributed by atoms with Crippen molar-refractivity contribution in [3.8, 4) is 5.75 Å². The van der Waals surface area contributed by atoms with Gasteiger partial charge >= 0.3 is 0 Å². The fourth-order valence-corrected chi connectivity index (χ4v) is 3.58. The van der Waals surface area contributed by atoms with Gasteiger partial charge in [0.1, 0.15) is 12.4 Å². The molecule has 1 fully saturated rings. The molecule has 1 heterocycles. The number of fused-ring (bicyclic) bond motifs is 1. The van der Waals surface area contributed by atoms with E-state index >= 15 is 0 Å². The molecule has 130 valence electrons. The minimum Gasteiger partial charge on any atom is -0.497 e. The highest BCUT2D eigenvalue weighted by atomic mass is 16.5. The van der Waals surface area contributed by atoms with Crippen molar-refractivity contribution in [2.45, 2.75) is 18.8 Å². The van der Waals surface area contributed by atoms with Crippen LogP contribution in [0.3, 0.4) is 0 Å². The SMILES string of the molecule is COCC(=O)N1CCN(C(=O)C2CCc3ccc(OC)cc32)CC1. The van der Waals surface area contributed by atoms with Crippen molar-refractivity contribution in [3.63, 3.8) is 0 Å². The Balaban J connectivity index is 1.64. The Morgan fingerprint density at radius 3 is 2.50 bits per heavy atom. The molecule has 1 unspecified atom stereocenters. The molecule has 1 saturated heterocycles. The molecule has 2 aliphatic rings. The van der Waals surface area contributed by atoms with Crippen LogP contribution in [-0.2, 0) is 20.7 Å². The summed E-state index contributed by atoms with van der Waals surface area (Å²) in [6.07, 6.45) is 1.78. The van der Waals surface area contributed by atoms with Gasteiger partial charge in [0.15, 0.2) is 0 Å². The topological polar surface area (TPSA) is 59.1 Å². The summed E-state index contributed by atoms with van der Waals surface area (Å²) in [5, 5.41) is 0. The number of nitrogens with zero attached hydrogens (tertiary/aromatic N) is 2. The van der Waals surface area contributed by atoms with Crippen LogP contribution in [0.25, 0.3) is 0 Å². The van der Waals surface area contributed by atoms with Crippen molar-refractivity contribution < 1.29 is 19.1 Å². The zero-order valence-electron chi connectivity index (χ0n) is 14.3. The third-order valence-electron chi connectivity index (χ3n) is 4.94. The summed E-state index contributed by atoms with van der Waals surface area (Å²) in [5.41, 5.74) is 2.33. The zero-order valence-corrected chi connectivity index (χ0v) is 14.3. The first kappa shape index (κ1) is 16.8.